The van der Waals surface area contributed by atoms with E-state index < -0.39 is 0 Å². The Labute approximate surface area is 123 Å². The largest absolute Gasteiger partial charge is 0.508 e. The van der Waals surface area contributed by atoms with Crippen LogP contribution in [0.25, 0.3) is 0 Å². The normalized spacial score (nSPS) is 10.6. The summed E-state index contributed by atoms with van der Waals surface area (Å²) >= 11 is 0. The number of anilines is 1. The van der Waals surface area contributed by atoms with Crippen molar-refractivity contribution in [3.05, 3.63) is 59.7 Å². The van der Waals surface area contributed by atoms with Gasteiger partial charge < -0.3 is 10.0 Å². The third kappa shape index (κ3) is 4.07. The molecule has 0 spiro atoms. The lowest BCUT2D eigenvalue weighted by molar-refractivity contribution is 0.0955. The van der Waals surface area contributed by atoms with Crippen LogP contribution in [-0.2, 0) is 0 Å². The second kappa shape index (κ2) is 6.56. The summed E-state index contributed by atoms with van der Waals surface area (Å²) < 4.78 is 0. The van der Waals surface area contributed by atoms with Gasteiger partial charge in [0.2, 0.25) is 0 Å². The maximum Gasteiger partial charge on any atom is 0.271 e. The fraction of sp³-hybridized carbons (Fsp3) is 0.125. The number of carbonyl (C=O) groups is 1. The topological polar surface area (TPSA) is 64.9 Å². The molecule has 0 saturated heterocycles. The van der Waals surface area contributed by atoms with Gasteiger partial charge in [-0.25, -0.2) is 5.43 Å². The summed E-state index contributed by atoms with van der Waals surface area (Å²) in [5.41, 5.74) is 4.72. The molecular weight excluding hydrogens is 266 g/mol. The van der Waals surface area contributed by atoms with Crippen molar-refractivity contribution in [3.8, 4) is 5.75 Å². The van der Waals surface area contributed by atoms with Crippen molar-refractivity contribution < 1.29 is 9.90 Å². The molecule has 0 aromatic heterocycles. The third-order valence-corrected chi connectivity index (χ3v) is 2.90. The zero-order chi connectivity index (χ0) is 15.2. The number of phenols is 1. The van der Waals surface area contributed by atoms with Gasteiger partial charge in [-0.3, -0.25) is 4.79 Å². The first-order valence-electron chi connectivity index (χ1n) is 6.46. The van der Waals surface area contributed by atoms with E-state index in [1.54, 1.807) is 36.4 Å². The number of phenolic OH excluding ortho intramolecular Hbond substituents is 1. The van der Waals surface area contributed by atoms with Crippen molar-refractivity contribution >= 4 is 17.8 Å². The first-order valence-corrected chi connectivity index (χ1v) is 6.46. The molecule has 0 unspecified atom stereocenters. The van der Waals surface area contributed by atoms with Crippen LogP contribution in [0.5, 0.6) is 5.75 Å². The van der Waals surface area contributed by atoms with E-state index >= 15 is 0 Å². The number of rotatable bonds is 4. The molecule has 0 radical (unpaired) electrons. The van der Waals surface area contributed by atoms with Crippen molar-refractivity contribution in [2.45, 2.75) is 0 Å². The van der Waals surface area contributed by atoms with E-state index in [9.17, 15) is 9.90 Å². The van der Waals surface area contributed by atoms with Gasteiger partial charge in [0.15, 0.2) is 0 Å². The highest BCUT2D eigenvalue weighted by atomic mass is 16.3. The zero-order valence-electron chi connectivity index (χ0n) is 11.9. The molecule has 0 bridgehead atoms. The third-order valence-electron chi connectivity index (χ3n) is 2.90. The van der Waals surface area contributed by atoms with Gasteiger partial charge in [-0.2, -0.15) is 5.10 Å². The van der Waals surface area contributed by atoms with Crippen LogP contribution < -0.4 is 10.3 Å². The molecule has 5 nitrogen and oxygen atoms in total. The molecule has 0 heterocycles. The molecular formula is C16H17N3O2. The number of hydrogen-bond acceptors (Lipinski definition) is 4. The molecule has 2 N–H and O–H groups in total. The number of nitrogens with zero attached hydrogens (tertiary/aromatic N) is 2. The molecule has 2 aromatic rings. The van der Waals surface area contributed by atoms with E-state index in [-0.39, 0.29) is 11.7 Å². The monoisotopic (exact) mass is 283 g/mol. The highest BCUT2D eigenvalue weighted by Crippen LogP contribution is 2.12. The minimum Gasteiger partial charge on any atom is -0.508 e. The Bertz CT molecular complexity index is 649. The van der Waals surface area contributed by atoms with Crippen LogP contribution in [0.15, 0.2) is 53.6 Å². The van der Waals surface area contributed by atoms with Crippen LogP contribution in [-0.4, -0.2) is 31.3 Å². The van der Waals surface area contributed by atoms with Gasteiger partial charge in [-0.05, 0) is 42.0 Å². The maximum atomic E-state index is 11.9. The quantitative estimate of drug-likeness (QED) is 0.668. The van der Waals surface area contributed by atoms with Crippen molar-refractivity contribution in [2.75, 3.05) is 19.0 Å². The summed E-state index contributed by atoms with van der Waals surface area (Å²) in [6.45, 7) is 0. The Kier molecular flexibility index (Phi) is 4.56. The second-order valence-electron chi connectivity index (χ2n) is 4.74. The molecule has 0 saturated carbocycles. The summed E-state index contributed by atoms with van der Waals surface area (Å²) in [7, 11) is 3.88. The van der Waals surface area contributed by atoms with Crippen LogP contribution in [0, 0.1) is 0 Å². The molecule has 1 amide bonds. The van der Waals surface area contributed by atoms with Crippen LogP contribution in [0.4, 0.5) is 5.69 Å². The highest BCUT2D eigenvalue weighted by Gasteiger charge is 2.04. The molecule has 21 heavy (non-hydrogen) atoms. The number of nitrogens with one attached hydrogen (secondary N) is 1. The summed E-state index contributed by atoms with van der Waals surface area (Å²) in [5.74, 6) is -0.124. The molecule has 2 rings (SSSR count). The van der Waals surface area contributed by atoms with Gasteiger partial charge in [0.1, 0.15) is 5.75 Å². The SMILES string of the molecule is CN(C)c1ccc(C(=O)NN=Cc2cccc(O)c2)cc1. The van der Waals surface area contributed by atoms with Gasteiger partial charge in [-0.1, -0.05) is 12.1 Å². The highest BCUT2D eigenvalue weighted by molar-refractivity contribution is 5.95. The zero-order valence-corrected chi connectivity index (χ0v) is 11.9. The summed E-state index contributed by atoms with van der Waals surface area (Å²) in [6, 6.07) is 13.8. The van der Waals surface area contributed by atoms with Gasteiger partial charge >= 0.3 is 0 Å². The Hall–Kier alpha value is -2.82. The molecule has 0 aliphatic heterocycles. The minimum absolute atomic E-state index is 0.157. The number of carbonyl (C=O) groups excluding carboxylic acids is 1. The van der Waals surface area contributed by atoms with E-state index in [0.717, 1.165) is 5.69 Å². The van der Waals surface area contributed by atoms with Crippen LogP contribution in [0.2, 0.25) is 0 Å². The first kappa shape index (κ1) is 14.6. The summed E-state index contributed by atoms with van der Waals surface area (Å²) in [6.07, 6.45) is 1.48. The average molecular weight is 283 g/mol. The maximum absolute atomic E-state index is 11.9. The van der Waals surface area contributed by atoms with Crippen molar-refractivity contribution in [2.24, 2.45) is 5.10 Å². The average Bonchev–Trinajstić information content (AvgIpc) is 2.47. The van der Waals surface area contributed by atoms with Crippen LogP contribution in [0.3, 0.4) is 0 Å². The van der Waals surface area contributed by atoms with Crippen LogP contribution >= 0.6 is 0 Å². The molecule has 5 heteroatoms. The Morgan fingerprint density at radius 2 is 1.90 bits per heavy atom. The molecule has 0 atom stereocenters. The number of hydrazone groups is 1. The second-order valence-corrected chi connectivity index (χ2v) is 4.74. The predicted molar refractivity (Wildman–Crippen MR) is 83.9 cm³/mol. The van der Waals surface area contributed by atoms with Crippen molar-refractivity contribution in [1.29, 1.82) is 0 Å². The summed E-state index contributed by atoms with van der Waals surface area (Å²) in [4.78, 5) is 13.9. The number of hydrogen-bond donors (Lipinski definition) is 2. The lowest BCUT2D eigenvalue weighted by atomic mass is 10.2. The van der Waals surface area contributed by atoms with Crippen molar-refractivity contribution in [1.82, 2.24) is 5.43 Å². The molecule has 0 fully saturated rings. The first-order chi connectivity index (χ1) is 10.1. The van der Waals surface area contributed by atoms with Crippen molar-refractivity contribution in [3.63, 3.8) is 0 Å². The summed E-state index contributed by atoms with van der Waals surface area (Å²) in [5, 5.41) is 13.2. The Balaban J connectivity index is 1.98. The number of benzene rings is 2. The Morgan fingerprint density at radius 1 is 1.19 bits per heavy atom. The lowest BCUT2D eigenvalue weighted by Gasteiger charge is -2.12. The van der Waals surface area contributed by atoms with E-state index in [1.165, 1.54) is 6.21 Å². The molecule has 108 valence electrons. The van der Waals surface area contributed by atoms with E-state index in [0.29, 0.717) is 11.1 Å². The van der Waals surface area contributed by atoms with Gasteiger partial charge in [-0.15, -0.1) is 0 Å². The number of aromatic hydroxyl groups is 1. The molecule has 0 aliphatic rings. The number of amides is 1. The predicted octanol–water partition coefficient (Wildman–Crippen LogP) is 2.22. The fourth-order valence-corrected chi connectivity index (χ4v) is 1.75. The van der Waals surface area contributed by atoms with Gasteiger partial charge in [0.25, 0.3) is 5.91 Å². The lowest BCUT2D eigenvalue weighted by Crippen LogP contribution is -2.17. The molecule has 2 aromatic carbocycles. The standard InChI is InChI=1S/C16H17N3O2/c1-19(2)14-8-6-13(7-9-14)16(21)18-17-11-12-4-3-5-15(20)10-12/h3-11,20H,1-2H3,(H,18,21). The fourth-order valence-electron chi connectivity index (χ4n) is 1.75. The van der Waals surface area contributed by atoms with E-state index in [4.69, 9.17) is 0 Å². The van der Waals surface area contributed by atoms with E-state index in [2.05, 4.69) is 10.5 Å². The minimum atomic E-state index is -0.281. The molecule has 0 aliphatic carbocycles. The van der Waals surface area contributed by atoms with Gasteiger partial charge in [0, 0.05) is 25.3 Å². The van der Waals surface area contributed by atoms with Gasteiger partial charge in [0.05, 0.1) is 6.21 Å². The smallest absolute Gasteiger partial charge is 0.271 e. The van der Waals surface area contributed by atoms with E-state index in [1.807, 2.05) is 31.1 Å². The van der Waals surface area contributed by atoms with Crippen LogP contribution in [0.1, 0.15) is 15.9 Å². The Morgan fingerprint density at radius 3 is 2.52 bits per heavy atom.